The minimum Gasteiger partial charge on any atom is -0.494 e. The van der Waals surface area contributed by atoms with Crippen molar-refractivity contribution >= 4 is 62.7 Å². The van der Waals surface area contributed by atoms with E-state index >= 15 is 0 Å². The molecule has 0 aliphatic heterocycles. The van der Waals surface area contributed by atoms with E-state index < -0.39 is 10.8 Å². The third-order valence-electron chi connectivity index (χ3n) is 6.03. The smallest absolute Gasteiger partial charge is 0.270 e. The summed E-state index contributed by atoms with van der Waals surface area (Å²) in [6.45, 7) is 2.43. The van der Waals surface area contributed by atoms with E-state index in [-0.39, 0.29) is 22.0 Å². The van der Waals surface area contributed by atoms with Crippen molar-refractivity contribution < 1.29 is 14.5 Å². The molecule has 10 nitrogen and oxygen atoms in total. The molecule has 2 heterocycles. The molecule has 1 aliphatic carbocycles. The molecule has 1 aliphatic rings. The Balaban J connectivity index is 1.39. The number of nitrogens with zero attached hydrogens (tertiary/aromatic N) is 4. The second-order valence-electron chi connectivity index (χ2n) is 8.54. The zero-order chi connectivity index (χ0) is 27.5. The molecule has 5 rings (SSSR count). The van der Waals surface area contributed by atoms with Crippen molar-refractivity contribution in [3.8, 4) is 11.4 Å². The standard InChI is InChI=1S/C26H22ClN5O5S2/c1-2-37-18-9-6-16(7-10-18)31-25(34)23-19-4-3-5-21(19)39-24(23)29-26(31)38-14-22(33)30-28-13-15-12-17(32(35)36)8-11-20(15)27/h6-13H,2-5,14H2,1H3,(H,30,33). The molecule has 0 atom stereocenters. The number of benzene rings is 2. The highest BCUT2D eigenvalue weighted by Crippen LogP contribution is 2.36. The molecule has 0 fully saturated rings. The summed E-state index contributed by atoms with van der Waals surface area (Å²) in [5.74, 6) is 0.175. The maximum Gasteiger partial charge on any atom is 0.270 e. The van der Waals surface area contributed by atoms with E-state index in [2.05, 4.69) is 10.5 Å². The van der Waals surface area contributed by atoms with E-state index in [0.717, 1.165) is 36.6 Å². The van der Waals surface area contributed by atoms with E-state index in [1.807, 2.05) is 6.92 Å². The molecule has 0 bridgehead atoms. The number of nitro benzene ring substituents is 1. The van der Waals surface area contributed by atoms with Gasteiger partial charge in [0.1, 0.15) is 10.6 Å². The van der Waals surface area contributed by atoms with Gasteiger partial charge in [-0.1, -0.05) is 23.4 Å². The minimum atomic E-state index is -0.543. The van der Waals surface area contributed by atoms with E-state index in [1.165, 1.54) is 45.2 Å². The third-order valence-corrected chi connectivity index (χ3v) is 8.50. The van der Waals surface area contributed by atoms with Gasteiger partial charge in [0.2, 0.25) is 0 Å². The Bertz CT molecular complexity index is 1670. The molecule has 0 saturated heterocycles. The van der Waals surface area contributed by atoms with Gasteiger partial charge in [0.25, 0.3) is 17.2 Å². The number of hydrazone groups is 1. The lowest BCUT2D eigenvalue weighted by molar-refractivity contribution is -0.384. The molecule has 0 radical (unpaired) electrons. The van der Waals surface area contributed by atoms with Crippen molar-refractivity contribution in [3.63, 3.8) is 0 Å². The summed E-state index contributed by atoms with van der Waals surface area (Å²) in [6.07, 6.45) is 4.07. The monoisotopic (exact) mass is 583 g/mol. The second kappa shape index (κ2) is 11.6. The summed E-state index contributed by atoms with van der Waals surface area (Å²) in [4.78, 5) is 43.5. The molecule has 1 amide bonds. The number of hydrogen-bond donors (Lipinski definition) is 1. The van der Waals surface area contributed by atoms with Crippen molar-refractivity contribution in [1.82, 2.24) is 15.0 Å². The van der Waals surface area contributed by atoms with Gasteiger partial charge in [0.15, 0.2) is 5.16 Å². The van der Waals surface area contributed by atoms with Crippen LogP contribution < -0.4 is 15.7 Å². The Labute approximate surface area is 235 Å². The average molecular weight is 584 g/mol. The first kappa shape index (κ1) is 26.9. The van der Waals surface area contributed by atoms with E-state index in [4.69, 9.17) is 21.3 Å². The van der Waals surface area contributed by atoms with Crippen LogP contribution in [-0.4, -0.2) is 39.0 Å². The van der Waals surface area contributed by atoms with Crippen molar-refractivity contribution in [1.29, 1.82) is 0 Å². The Morgan fingerprint density at radius 2 is 2.10 bits per heavy atom. The third kappa shape index (κ3) is 5.68. The highest BCUT2D eigenvalue weighted by molar-refractivity contribution is 7.99. The first-order chi connectivity index (χ1) is 18.9. The molecule has 2 aromatic carbocycles. The number of non-ortho nitro benzene ring substituents is 1. The number of thiophene rings is 1. The largest absolute Gasteiger partial charge is 0.494 e. The van der Waals surface area contributed by atoms with Gasteiger partial charge in [-0.05, 0) is 62.1 Å². The number of nitrogens with one attached hydrogen (secondary N) is 1. The number of thioether (sulfide) groups is 1. The Morgan fingerprint density at radius 3 is 2.85 bits per heavy atom. The lowest BCUT2D eigenvalue weighted by atomic mass is 10.2. The lowest BCUT2D eigenvalue weighted by Crippen LogP contribution is -2.24. The number of ether oxygens (including phenoxy) is 1. The van der Waals surface area contributed by atoms with E-state index in [9.17, 15) is 19.7 Å². The SMILES string of the molecule is CCOc1ccc(-n2c(SCC(=O)NN=Cc3cc([N+](=O)[O-])ccc3Cl)nc3sc4c(c3c2=O)CCC4)cc1. The first-order valence-corrected chi connectivity index (χ1v) is 14.2. The number of amides is 1. The highest BCUT2D eigenvalue weighted by atomic mass is 35.5. The van der Waals surface area contributed by atoms with Crippen LogP contribution in [0.1, 0.15) is 29.3 Å². The van der Waals surface area contributed by atoms with Gasteiger partial charge >= 0.3 is 0 Å². The van der Waals surface area contributed by atoms with Gasteiger partial charge in [-0.3, -0.25) is 24.3 Å². The molecule has 0 unspecified atom stereocenters. The zero-order valence-electron chi connectivity index (χ0n) is 20.7. The summed E-state index contributed by atoms with van der Waals surface area (Å²) in [5, 5.41) is 16.2. The molecule has 1 N–H and O–H groups in total. The predicted octanol–water partition coefficient (Wildman–Crippen LogP) is 5.14. The fraction of sp³-hybridized carbons (Fsp3) is 0.231. The molecule has 200 valence electrons. The molecule has 0 spiro atoms. The molecule has 2 aromatic heterocycles. The molecule has 4 aromatic rings. The van der Waals surface area contributed by atoms with Crippen molar-refractivity contribution in [2.45, 2.75) is 31.3 Å². The number of carbonyl (C=O) groups is 1. The predicted molar refractivity (Wildman–Crippen MR) is 153 cm³/mol. The fourth-order valence-corrected chi connectivity index (χ4v) is 6.56. The maximum atomic E-state index is 13.8. The number of fused-ring (bicyclic) bond motifs is 3. The van der Waals surface area contributed by atoms with Crippen LogP contribution in [0.4, 0.5) is 5.69 Å². The van der Waals surface area contributed by atoms with Gasteiger partial charge in [0.05, 0.1) is 34.6 Å². The van der Waals surface area contributed by atoms with E-state index in [0.29, 0.717) is 39.0 Å². The second-order valence-corrected chi connectivity index (χ2v) is 11.0. The van der Waals surface area contributed by atoms with Gasteiger partial charge in [-0.25, -0.2) is 10.4 Å². The normalized spacial score (nSPS) is 12.7. The number of aryl methyl sites for hydroxylation is 2. The van der Waals surface area contributed by atoms with Gasteiger partial charge in [0, 0.05) is 27.6 Å². The van der Waals surface area contributed by atoms with Crippen LogP contribution in [0.3, 0.4) is 0 Å². The number of nitro groups is 1. The topological polar surface area (TPSA) is 129 Å². The number of hydrogen-bond acceptors (Lipinski definition) is 9. The van der Waals surface area contributed by atoms with Crippen LogP contribution in [0, 0.1) is 10.1 Å². The number of halogens is 1. The first-order valence-electron chi connectivity index (χ1n) is 12.0. The zero-order valence-corrected chi connectivity index (χ0v) is 23.1. The van der Waals surface area contributed by atoms with Crippen molar-refractivity contribution in [3.05, 3.63) is 84.0 Å². The van der Waals surface area contributed by atoms with E-state index in [1.54, 1.807) is 24.3 Å². The van der Waals surface area contributed by atoms with Crippen molar-refractivity contribution in [2.24, 2.45) is 5.10 Å². The van der Waals surface area contributed by atoms with Gasteiger partial charge in [-0.15, -0.1) is 11.3 Å². The number of carbonyl (C=O) groups excluding carboxylic acids is 1. The summed E-state index contributed by atoms with van der Waals surface area (Å²) >= 11 is 8.72. The summed E-state index contributed by atoms with van der Waals surface area (Å²) in [7, 11) is 0. The van der Waals surface area contributed by atoms with Crippen LogP contribution >= 0.6 is 34.7 Å². The maximum absolute atomic E-state index is 13.8. The number of rotatable bonds is 9. The molecule has 0 saturated carbocycles. The Hall–Kier alpha value is -3.74. The molecule has 39 heavy (non-hydrogen) atoms. The fourth-order valence-electron chi connectivity index (χ4n) is 4.29. The van der Waals surface area contributed by atoms with Gasteiger partial charge in [-0.2, -0.15) is 5.10 Å². The Morgan fingerprint density at radius 1 is 1.31 bits per heavy atom. The molecule has 13 heteroatoms. The summed E-state index contributed by atoms with van der Waals surface area (Å²) in [6, 6.07) is 11.1. The van der Waals surface area contributed by atoms with Crippen molar-refractivity contribution in [2.75, 3.05) is 12.4 Å². The summed E-state index contributed by atoms with van der Waals surface area (Å²) in [5.41, 5.74) is 4.08. The van der Waals surface area contributed by atoms with Crippen LogP contribution in [0.15, 0.2) is 57.5 Å². The minimum absolute atomic E-state index is 0.0694. The van der Waals surface area contributed by atoms with Crippen LogP contribution in [-0.2, 0) is 17.6 Å². The van der Waals surface area contributed by atoms with Gasteiger partial charge < -0.3 is 4.74 Å². The number of aromatic nitrogens is 2. The highest BCUT2D eigenvalue weighted by Gasteiger charge is 2.24. The summed E-state index contributed by atoms with van der Waals surface area (Å²) < 4.78 is 7.07. The average Bonchev–Trinajstić information content (AvgIpc) is 3.50. The van der Waals surface area contributed by atoms with Crippen LogP contribution in [0.2, 0.25) is 5.02 Å². The Kier molecular flexibility index (Phi) is 7.96. The molecular formula is C26H22ClN5O5S2. The van der Waals surface area contributed by atoms with Crippen LogP contribution in [0.5, 0.6) is 5.75 Å². The molecular weight excluding hydrogens is 562 g/mol. The van der Waals surface area contributed by atoms with Crippen LogP contribution in [0.25, 0.3) is 15.9 Å². The lowest BCUT2D eigenvalue weighted by Gasteiger charge is -2.13. The quantitative estimate of drug-likeness (QED) is 0.0949.